The van der Waals surface area contributed by atoms with Crippen LogP contribution < -0.4 is 0 Å². The summed E-state index contributed by atoms with van der Waals surface area (Å²) in [6.07, 6.45) is 5.14. The summed E-state index contributed by atoms with van der Waals surface area (Å²) in [7, 11) is 0. The molecule has 82 valence electrons. The van der Waals surface area contributed by atoms with Gasteiger partial charge in [-0.15, -0.1) is 0 Å². The van der Waals surface area contributed by atoms with Gasteiger partial charge in [0.25, 0.3) is 0 Å². The van der Waals surface area contributed by atoms with Crippen molar-refractivity contribution in [1.29, 1.82) is 0 Å². The number of rotatable bonds is 3. The van der Waals surface area contributed by atoms with Crippen molar-refractivity contribution in [2.45, 2.75) is 38.7 Å². The van der Waals surface area contributed by atoms with Crippen molar-refractivity contribution < 1.29 is 13.9 Å². The number of hydrogen-bond donors (Lipinski definition) is 0. The topological polar surface area (TPSA) is 52.3 Å². The molecular weight excluding hydrogens is 194 g/mol. The van der Waals surface area contributed by atoms with Gasteiger partial charge >= 0.3 is 0 Å². The summed E-state index contributed by atoms with van der Waals surface area (Å²) in [6.45, 7) is 2.31. The van der Waals surface area contributed by atoms with Gasteiger partial charge in [-0.2, -0.15) is 0 Å². The zero-order valence-electron chi connectivity index (χ0n) is 8.86. The van der Waals surface area contributed by atoms with Crippen molar-refractivity contribution in [1.82, 2.24) is 4.98 Å². The first-order valence-electron chi connectivity index (χ1n) is 5.31. The minimum Gasteiger partial charge on any atom is -0.442 e. The van der Waals surface area contributed by atoms with E-state index in [0.29, 0.717) is 18.1 Å². The Bertz CT molecular complexity index is 339. The maximum absolute atomic E-state index is 10.9. The normalized spacial score (nSPS) is 21.5. The van der Waals surface area contributed by atoms with Crippen molar-refractivity contribution in [3.8, 4) is 0 Å². The third-order valence-electron chi connectivity index (χ3n) is 2.45. The van der Waals surface area contributed by atoms with E-state index in [-0.39, 0.29) is 11.9 Å². The highest BCUT2D eigenvalue weighted by Crippen LogP contribution is 2.27. The van der Waals surface area contributed by atoms with Crippen molar-refractivity contribution in [3.05, 3.63) is 17.8 Å². The second kappa shape index (κ2) is 4.57. The van der Waals surface area contributed by atoms with Gasteiger partial charge < -0.3 is 9.15 Å². The zero-order valence-corrected chi connectivity index (χ0v) is 8.86. The van der Waals surface area contributed by atoms with Crippen LogP contribution in [0.2, 0.25) is 0 Å². The molecule has 1 aliphatic rings. The van der Waals surface area contributed by atoms with Gasteiger partial charge in [-0.25, -0.2) is 4.98 Å². The number of aromatic nitrogens is 1. The molecule has 1 unspecified atom stereocenters. The second-order valence-electron chi connectivity index (χ2n) is 3.90. The molecule has 4 nitrogen and oxygen atoms in total. The number of ether oxygens (including phenoxy) is 1. The Hall–Kier alpha value is -1.16. The van der Waals surface area contributed by atoms with Crippen molar-refractivity contribution in [3.63, 3.8) is 0 Å². The monoisotopic (exact) mass is 209 g/mol. The SMILES string of the molecule is CC(=O)Cc1cnc(C2CCCCO2)o1. The van der Waals surface area contributed by atoms with E-state index in [2.05, 4.69) is 4.98 Å². The average molecular weight is 209 g/mol. The molecule has 4 heteroatoms. The van der Waals surface area contributed by atoms with Crippen molar-refractivity contribution in [2.75, 3.05) is 6.61 Å². The van der Waals surface area contributed by atoms with Gasteiger partial charge in [0.15, 0.2) is 0 Å². The van der Waals surface area contributed by atoms with Crippen LogP contribution in [0.3, 0.4) is 0 Å². The number of carbonyl (C=O) groups excluding carboxylic acids is 1. The molecule has 0 spiro atoms. The maximum Gasteiger partial charge on any atom is 0.223 e. The number of hydrogen-bond acceptors (Lipinski definition) is 4. The minimum atomic E-state index is -0.0144. The predicted molar refractivity (Wildman–Crippen MR) is 53.4 cm³/mol. The summed E-state index contributed by atoms with van der Waals surface area (Å²) in [4.78, 5) is 15.0. The lowest BCUT2D eigenvalue weighted by atomic mass is 10.1. The highest BCUT2D eigenvalue weighted by molar-refractivity contribution is 5.77. The highest BCUT2D eigenvalue weighted by atomic mass is 16.5. The van der Waals surface area contributed by atoms with E-state index in [0.717, 1.165) is 25.9 Å². The molecule has 2 rings (SSSR count). The summed E-state index contributed by atoms with van der Waals surface area (Å²) < 4.78 is 11.0. The molecule has 1 atom stereocenters. The van der Waals surface area contributed by atoms with Gasteiger partial charge in [0, 0.05) is 6.61 Å². The van der Waals surface area contributed by atoms with Crippen LogP contribution in [-0.4, -0.2) is 17.4 Å². The third kappa shape index (κ3) is 2.65. The maximum atomic E-state index is 10.9. The first-order valence-corrected chi connectivity index (χ1v) is 5.31. The van der Waals surface area contributed by atoms with Crippen LogP contribution in [0.25, 0.3) is 0 Å². The first kappa shape index (κ1) is 10.4. The minimum absolute atomic E-state index is 0.0144. The Balaban J connectivity index is 2.02. The Morgan fingerprint density at radius 2 is 2.47 bits per heavy atom. The van der Waals surface area contributed by atoms with E-state index in [1.807, 2.05) is 0 Å². The number of oxazole rings is 1. The molecule has 1 fully saturated rings. The second-order valence-corrected chi connectivity index (χ2v) is 3.90. The lowest BCUT2D eigenvalue weighted by molar-refractivity contribution is -0.116. The first-order chi connectivity index (χ1) is 7.25. The summed E-state index contributed by atoms with van der Waals surface area (Å²) in [5.74, 6) is 1.33. The van der Waals surface area contributed by atoms with E-state index < -0.39 is 0 Å². The van der Waals surface area contributed by atoms with Gasteiger partial charge in [-0.05, 0) is 26.2 Å². The molecule has 1 aromatic heterocycles. The van der Waals surface area contributed by atoms with Crippen LogP contribution in [0.4, 0.5) is 0 Å². The molecule has 0 aliphatic carbocycles. The van der Waals surface area contributed by atoms with Crippen molar-refractivity contribution in [2.24, 2.45) is 0 Å². The molecule has 0 bridgehead atoms. The molecule has 0 aromatic carbocycles. The third-order valence-corrected chi connectivity index (χ3v) is 2.45. The smallest absolute Gasteiger partial charge is 0.223 e. The summed E-state index contributed by atoms with van der Waals surface area (Å²) in [5.41, 5.74) is 0. The van der Waals surface area contributed by atoms with E-state index in [4.69, 9.17) is 9.15 Å². The number of Topliss-reactive ketones (excluding diaryl/α,β-unsaturated/α-hetero) is 1. The number of carbonyl (C=O) groups is 1. The Morgan fingerprint density at radius 3 is 3.13 bits per heavy atom. The summed E-state index contributed by atoms with van der Waals surface area (Å²) >= 11 is 0. The van der Waals surface area contributed by atoms with Crippen LogP contribution in [0.1, 0.15) is 43.9 Å². The van der Waals surface area contributed by atoms with E-state index in [9.17, 15) is 4.79 Å². The van der Waals surface area contributed by atoms with E-state index in [1.54, 1.807) is 13.1 Å². The Morgan fingerprint density at radius 1 is 1.60 bits per heavy atom. The van der Waals surface area contributed by atoms with Gasteiger partial charge in [-0.3, -0.25) is 4.79 Å². The molecule has 0 saturated carbocycles. The molecule has 1 aliphatic heterocycles. The molecule has 0 amide bonds. The number of ketones is 1. The fraction of sp³-hybridized carbons (Fsp3) is 0.636. The summed E-state index contributed by atoms with van der Waals surface area (Å²) in [5, 5.41) is 0. The van der Waals surface area contributed by atoms with Crippen LogP contribution in [0.15, 0.2) is 10.6 Å². The molecule has 1 aromatic rings. The van der Waals surface area contributed by atoms with Crippen molar-refractivity contribution >= 4 is 5.78 Å². The fourth-order valence-electron chi connectivity index (χ4n) is 1.73. The van der Waals surface area contributed by atoms with Crippen LogP contribution in [0, 0.1) is 0 Å². The van der Waals surface area contributed by atoms with Gasteiger partial charge in [0.1, 0.15) is 17.6 Å². The lowest BCUT2D eigenvalue weighted by Crippen LogP contribution is -2.11. The van der Waals surface area contributed by atoms with Gasteiger partial charge in [-0.1, -0.05) is 0 Å². The molecule has 0 N–H and O–H groups in total. The Kier molecular flexibility index (Phi) is 3.16. The van der Waals surface area contributed by atoms with Crippen LogP contribution >= 0.6 is 0 Å². The van der Waals surface area contributed by atoms with Crippen LogP contribution in [0.5, 0.6) is 0 Å². The lowest BCUT2D eigenvalue weighted by Gasteiger charge is -2.19. The molecule has 15 heavy (non-hydrogen) atoms. The largest absolute Gasteiger partial charge is 0.442 e. The van der Waals surface area contributed by atoms with E-state index >= 15 is 0 Å². The molecule has 1 saturated heterocycles. The fourth-order valence-corrected chi connectivity index (χ4v) is 1.73. The predicted octanol–water partition coefficient (Wildman–Crippen LogP) is 2.05. The zero-order chi connectivity index (χ0) is 10.7. The summed E-state index contributed by atoms with van der Waals surface area (Å²) in [6, 6.07) is 0. The number of nitrogens with zero attached hydrogens (tertiary/aromatic N) is 1. The van der Waals surface area contributed by atoms with Crippen LogP contribution in [-0.2, 0) is 16.0 Å². The molecule has 2 heterocycles. The van der Waals surface area contributed by atoms with E-state index in [1.165, 1.54) is 0 Å². The van der Waals surface area contributed by atoms with Gasteiger partial charge in [0.05, 0.1) is 12.6 Å². The standard InChI is InChI=1S/C11H15NO3/c1-8(13)6-9-7-12-11(15-9)10-4-2-3-5-14-10/h7,10H,2-6H2,1H3. The average Bonchev–Trinajstić information content (AvgIpc) is 2.67. The highest BCUT2D eigenvalue weighted by Gasteiger charge is 2.21. The molecule has 0 radical (unpaired) electrons. The Labute approximate surface area is 88.6 Å². The molecular formula is C11H15NO3. The van der Waals surface area contributed by atoms with Gasteiger partial charge in [0.2, 0.25) is 5.89 Å². The quantitative estimate of drug-likeness (QED) is 0.764.